The molecule has 0 nitrogen and oxygen atoms in total. The van der Waals surface area contributed by atoms with E-state index in [0.29, 0.717) is 11.3 Å². The molecular formula is C25H41F3. The summed E-state index contributed by atoms with van der Waals surface area (Å²) in [5.74, 6) is 4.16. The lowest BCUT2D eigenvalue weighted by Crippen LogP contribution is -2.53. The van der Waals surface area contributed by atoms with Crippen LogP contribution in [-0.4, -0.2) is 6.18 Å². The van der Waals surface area contributed by atoms with Crippen molar-refractivity contribution in [2.75, 3.05) is 0 Å². The second-order valence-electron chi connectivity index (χ2n) is 11.7. The summed E-state index contributed by atoms with van der Waals surface area (Å²) < 4.78 is 39.2. The number of rotatable bonds is 3. The molecule has 3 heteroatoms. The summed E-state index contributed by atoms with van der Waals surface area (Å²) in [7, 11) is 0. The molecule has 0 amide bonds. The van der Waals surface area contributed by atoms with Gasteiger partial charge < -0.3 is 0 Å². The van der Waals surface area contributed by atoms with Crippen molar-refractivity contribution < 1.29 is 13.2 Å². The Morgan fingerprint density at radius 1 is 0.893 bits per heavy atom. The molecule has 0 aliphatic heterocycles. The zero-order chi connectivity index (χ0) is 20.3. The van der Waals surface area contributed by atoms with Crippen LogP contribution >= 0.6 is 0 Å². The Hall–Kier alpha value is -0.210. The zero-order valence-corrected chi connectivity index (χ0v) is 18.5. The zero-order valence-electron chi connectivity index (χ0n) is 18.5. The Labute approximate surface area is 170 Å². The standard InChI is InChI=1S/C25H41F3/c1-5-17-10-12-23(3)18(14-17)6-7-19-21-9-8-20(16(2)15-25(26,27)28)24(21,4)13-11-22(19)23/h16-22H,5-15H2,1-4H3. The predicted molar refractivity (Wildman–Crippen MR) is 109 cm³/mol. The third-order valence-corrected chi connectivity index (χ3v) is 10.7. The molecule has 4 rings (SSSR count). The Kier molecular flexibility index (Phi) is 5.40. The summed E-state index contributed by atoms with van der Waals surface area (Å²) in [6.07, 6.45) is 8.34. The number of hydrogen-bond acceptors (Lipinski definition) is 0. The fraction of sp³-hybridized carbons (Fsp3) is 1.00. The van der Waals surface area contributed by atoms with E-state index in [1.807, 2.05) is 6.92 Å². The van der Waals surface area contributed by atoms with E-state index >= 15 is 0 Å². The molecule has 0 aromatic heterocycles. The van der Waals surface area contributed by atoms with Crippen LogP contribution in [0.25, 0.3) is 0 Å². The first kappa shape index (κ1) is 21.0. The van der Waals surface area contributed by atoms with Gasteiger partial charge in [-0.2, -0.15) is 13.2 Å². The fourth-order valence-corrected chi connectivity index (χ4v) is 9.20. The van der Waals surface area contributed by atoms with Crippen molar-refractivity contribution >= 4 is 0 Å². The highest BCUT2D eigenvalue weighted by Crippen LogP contribution is 2.68. The summed E-state index contributed by atoms with van der Waals surface area (Å²) in [6.45, 7) is 9.20. The summed E-state index contributed by atoms with van der Waals surface area (Å²) in [5.41, 5.74) is 0.654. The molecule has 0 saturated heterocycles. The molecule has 9 unspecified atom stereocenters. The SMILES string of the molecule is CCC1CCC2(C)C(CCC3C2CCC2(C)C(C(C)CC(F)(F)F)CCC32)C1. The van der Waals surface area contributed by atoms with E-state index in [1.54, 1.807) is 0 Å². The van der Waals surface area contributed by atoms with Gasteiger partial charge in [0.15, 0.2) is 0 Å². The van der Waals surface area contributed by atoms with Crippen LogP contribution in [0.5, 0.6) is 0 Å². The molecule has 0 radical (unpaired) electrons. The largest absolute Gasteiger partial charge is 0.389 e. The minimum atomic E-state index is -4.02. The molecule has 162 valence electrons. The number of halogens is 3. The lowest BCUT2D eigenvalue weighted by atomic mass is 9.44. The van der Waals surface area contributed by atoms with Gasteiger partial charge in [0.25, 0.3) is 0 Å². The fourth-order valence-electron chi connectivity index (χ4n) is 9.20. The smallest absolute Gasteiger partial charge is 0.171 e. The van der Waals surface area contributed by atoms with Crippen molar-refractivity contribution in [1.29, 1.82) is 0 Å². The summed E-state index contributed by atoms with van der Waals surface area (Å²) in [4.78, 5) is 0. The summed E-state index contributed by atoms with van der Waals surface area (Å²) in [6, 6.07) is 0. The van der Waals surface area contributed by atoms with Gasteiger partial charge >= 0.3 is 6.18 Å². The first-order valence-electron chi connectivity index (χ1n) is 12.1. The van der Waals surface area contributed by atoms with Crippen LogP contribution in [0.2, 0.25) is 0 Å². The monoisotopic (exact) mass is 398 g/mol. The molecule has 0 bridgehead atoms. The lowest BCUT2D eigenvalue weighted by Gasteiger charge is -2.61. The van der Waals surface area contributed by atoms with Gasteiger partial charge in [0.2, 0.25) is 0 Å². The van der Waals surface area contributed by atoms with Crippen LogP contribution in [0.1, 0.15) is 98.3 Å². The maximum Gasteiger partial charge on any atom is 0.389 e. The van der Waals surface area contributed by atoms with Gasteiger partial charge in [0, 0.05) is 6.42 Å². The summed E-state index contributed by atoms with van der Waals surface area (Å²) >= 11 is 0. The van der Waals surface area contributed by atoms with Crippen molar-refractivity contribution in [2.45, 2.75) is 105 Å². The molecule has 9 atom stereocenters. The molecular weight excluding hydrogens is 357 g/mol. The van der Waals surface area contributed by atoms with E-state index in [2.05, 4.69) is 20.8 Å². The Morgan fingerprint density at radius 2 is 1.57 bits per heavy atom. The van der Waals surface area contributed by atoms with Gasteiger partial charge in [0.1, 0.15) is 0 Å². The van der Waals surface area contributed by atoms with Crippen molar-refractivity contribution in [2.24, 2.45) is 52.3 Å². The van der Waals surface area contributed by atoms with Gasteiger partial charge in [-0.1, -0.05) is 34.1 Å². The van der Waals surface area contributed by atoms with E-state index in [0.717, 1.165) is 30.1 Å². The van der Waals surface area contributed by atoms with Crippen LogP contribution in [0.15, 0.2) is 0 Å². The third-order valence-electron chi connectivity index (χ3n) is 10.7. The first-order chi connectivity index (χ1) is 13.1. The molecule has 0 aromatic rings. The predicted octanol–water partition coefficient (Wildman–Crippen LogP) is 8.26. The lowest BCUT2D eigenvalue weighted by molar-refractivity contribution is -0.156. The molecule has 0 heterocycles. The normalized spacial score (nSPS) is 49.8. The molecule has 28 heavy (non-hydrogen) atoms. The quantitative estimate of drug-likeness (QED) is 0.449. The molecule has 4 fully saturated rings. The minimum Gasteiger partial charge on any atom is -0.171 e. The highest BCUT2D eigenvalue weighted by atomic mass is 19.4. The Morgan fingerprint density at radius 3 is 2.25 bits per heavy atom. The maximum absolute atomic E-state index is 13.1. The van der Waals surface area contributed by atoms with Gasteiger partial charge in [-0.25, -0.2) is 0 Å². The maximum atomic E-state index is 13.1. The van der Waals surface area contributed by atoms with Gasteiger partial charge in [0.05, 0.1) is 0 Å². The van der Waals surface area contributed by atoms with Gasteiger partial charge in [-0.05, 0) is 110 Å². The first-order valence-corrected chi connectivity index (χ1v) is 12.1. The van der Waals surface area contributed by atoms with E-state index in [9.17, 15) is 13.2 Å². The number of fused-ring (bicyclic) bond motifs is 5. The minimum absolute atomic E-state index is 0.148. The van der Waals surface area contributed by atoms with E-state index in [4.69, 9.17) is 0 Å². The van der Waals surface area contributed by atoms with Crippen LogP contribution in [0.4, 0.5) is 13.2 Å². The molecule has 0 aromatic carbocycles. The summed E-state index contributed by atoms with van der Waals surface area (Å²) in [5, 5.41) is 0. The Balaban J connectivity index is 1.52. The molecule has 0 N–H and O–H groups in total. The molecule has 4 saturated carbocycles. The third kappa shape index (κ3) is 3.35. The topological polar surface area (TPSA) is 0 Å². The average Bonchev–Trinajstić information content (AvgIpc) is 2.97. The highest BCUT2D eigenvalue weighted by molar-refractivity contribution is 5.09. The van der Waals surface area contributed by atoms with Crippen molar-refractivity contribution in [1.82, 2.24) is 0 Å². The molecule has 0 spiro atoms. The average molecular weight is 399 g/mol. The van der Waals surface area contributed by atoms with Gasteiger partial charge in [-0.15, -0.1) is 0 Å². The second kappa shape index (κ2) is 7.19. The van der Waals surface area contributed by atoms with Crippen LogP contribution in [0, 0.1) is 52.3 Å². The van der Waals surface area contributed by atoms with Gasteiger partial charge in [-0.3, -0.25) is 0 Å². The Bertz CT molecular complexity index is 569. The highest BCUT2D eigenvalue weighted by Gasteiger charge is 2.60. The van der Waals surface area contributed by atoms with Crippen molar-refractivity contribution in [3.8, 4) is 0 Å². The number of hydrogen-bond donors (Lipinski definition) is 0. The van der Waals surface area contributed by atoms with E-state index < -0.39 is 12.6 Å². The van der Waals surface area contributed by atoms with Crippen LogP contribution in [0.3, 0.4) is 0 Å². The number of alkyl halides is 3. The van der Waals surface area contributed by atoms with Crippen molar-refractivity contribution in [3.63, 3.8) is 0 Å². The molecule has 4 aliphatic rings. The van der Waals surface area contributed by atoms with Crippen molar-refractivity contribution in [3.05, 3.63) is 0 Å². The van der Waals surface area contributed by atoms with E-state index in [1.165, 1.54) is 57.8 Å². The molecule has 4 aliphatic carbocycles. The second-order valence-corrected chi connectivity index (χ2v) is 11.7. The van der Waals surface area contributed by atoms with E-state index in [-0.39, 0.29) is 17.3 Å². The van der Waals surface area contributed by atoms with Crippen LogP contribution < -0.4 is 0 Å². The van der Waals surface area contributed by atoms with Crippen LogP contribution in [-0.2, 0) is 0 Å².